The number of aryl methyl sites for hydroxylation is 1. The summed E-state index contributed by atoms with van der Waals surface area (Å²) in [7, 11) is 0. The summed E-state index contributed by atoms with van der Waals surface area (Å²) in [5.74, 6) is 0. The highest BCUT2D eigenvalue weighted by molar-refractivity contribution is 5.81. The summed E-state index contributed by atoms with van der Waals surface area (Å²) in [5.41, 5.74) is 2.43. The zero-order chi connectivity index (χ0) is 9.52. The third-order valence-corrected chi connectivity index (χ3v) is 1.83. The first kappa shape index (κ1) is 9.78. The van der Waals surface area contributed by atoms with Crippen molar-refractivity contribution < 1.29 is 4.84 Å². The van der Waals surface area contributed by atoms with E-state index in [0.717, 1.165) is 12.0 Å². The Hall–Kier alpha value is -1.31. The number of nitrogens with zero attached hydrogens (tertiary/aromatic N) is 1. The summed E-state index contributed by atoms with van der Waals surface area (Å²) >= 11 is 0. The number of hydrogen-bond acceptors (Lipinski definition) is 2. The molecule has 0 aromatic heterocycles. The van der Waals surface area contributed by atoms with E-state index in [2.05, 4.69) is 18.1 Å². The minimum atomic E-state index is 0.616. The van der Waals surface area contributed by atoms with Gasteiger partial charge < -0.3 is 4.84 Å². The van der Waals surface area contributed by atoms with Crippen LogP contribution in [-0.2, 0) is 11.3 Å². The van der Waals surface area contributed by atoms with Gasteiger partial charge >= 0.3 is 0 Å². The number of benzene rings is 1. The van der Waals surface area contributed by atoms with E-state index in [4.69, 9.17) is 4.84 Å². The van der Waals surface area contributed by atoms with Gasteiger partial charge in [-0.25, -0.2) is 0 Å². The molecule has 0 unspecified atom stereocenters. The lowest BCUT2D eigenvalue weighted by Gasteiger charge is -2.00. The molecule has 0 radical (unpaired) electrons. The lowest BCUT2D eigenvalue weighted by molar-refractivity contribution is 0.160. The topological polar surface area (TPSA) is 21.6 Å². The molecule has 0 N–H and O–H groups in total. The Labute approximate surface area is 79.2 Å². The molecular formula is C11H15NO. The first-order valence-corrected chi connectivity index (χ1v) is 4.61. The average molecular weight is 177 g/mol. The number of rotatable bonds is 4. The lowest BCUT2D eigenvalue weighted by Crippen LogP contribution is -1.91. The second-order valence-electron chi connectivity index (χ2n) is 2.70. The van der Waals surface area contributed by atoms with Gasteiger partial charge in [-0.3, -0.25) is 0 Å². The van der Waals surface area contributed by atoms with Gasteiger partial charge in [0.15, 0.2) is 0 Å². The molecule has 0 amide bonds. The first-order valence-electron chi connectivity index (χ1n) is 4.61. The molecule has 70 valence electrons. The maximum Gasteiger partial charge on any atom is 0.114 e. The predicted molar refractivity (Wildman–Crippen MR) is 55.0 cm³/mol. The van der Waals surface area contributed by atoms with E-state index in [0.29, 0.717) is 6.61 Å². The van der Waals surface area contributed by atoms with Gasteiger partial charge in [-0.1, -0.05) is 36.3 Å². The van der Waals surface area contributed by atoms with Crippen LogP contribution in [0, 0.1) is 0 Å². The number of oxime groups is 1. The quantitative estimate of drug-likeness (QED) is 0.511. The second-order valence-corrected chi connectivity index (χ2v) is 2.70. The third-order valence-electron chi connectivity index (χ3n) is 1.83. The molecule has 0 atom stereocenters. The van der Waals surface area contributed by atoms with E-state index in [1.807, 2.05) is 25.1 Å². The monoisotopic (exact) mass is 177 g/mol. The Morgan fingerprint density at radius 3 is 2.77 bits per heavy atom. The normalized spacial score (nSPS) is 10.6. The van der Waals surface area contributed by atoms with Crippen molar-refractivity contribution in [1.29, 1.82) is 0 Å². The van der Waals surface area contributed by atoms with Crippen LogP contribution >= 0.6 is 0 Å². The molecule has 0 heterocycles. The molecule has 13 heavy (non-hydrogen) atoms. The van der Waals surface area contributed by atoms with Crippen molar-refractivity contribution in [1.82, 2.24) is 0 Å². The Kier molecular flexibility index (Phi) is 4.03. The van der Waals surface area contributed by atoms with Gasteiger partial charge in [0.2, 0.25) is 0 Å². The van der Waals surface area contributed by atoms with Crippen LogP contribution in [-0.4, -0.2) is 12.8 Å². The molecule has 1 rings (SSSR count). The zero-order valence-corrected chi connectivity index (χ0v) is 8.16. The van der Waals surface area contributed by atoms with E-state index in [9.17, 15) is 0 Å². The van der Waals surface area contributed by atoms with Crippen molar-refractivity contribution in [3.05, 3.63) is 35.4 Å². The van der Waals surface area contributed by atoms with E-state index in [1.54, 1.807) is 6.21 Å². The van der Waals surface area contributed by atoms with Crippen LogP contribution in [0.5, 0.6) is 0 Å². The Morgan fingerprint density at radius 1 is 1.31 bits per heavy atom. The van der Waals surface area contributed by atoms with E-state index in [1.165, 1.54) is 5.56 Å². The van der Waals surface area contributed by atoms with Gasteiger partial charge in [-0.2, -0.15) is 0 Å². The summed E-state index contributed by atoms with van der Waals surface area (Å²) in [6.45, 7) is 4.67. The Bertz CT molecular complexity index is 281. The second kappa shape index (κ2) is 5.36. The standard InChI is InChI=1S/C11H15NO/c1-3-10-7-5-6-8-11(10)9-12-13-4-2/h5-9H,3-4H2,1-2H3. The van der Waals surface area contributed by atoms with Gasteiger partial charge in [0.1, 0.15) is 6.61 Å². The van der Waals surface area contributed by atoms with Crippen molar-refractivity contribution in [3.8, 4) is 0 Å². The van der Waals surface area contributed by atoms with Gasteiger partial charge in [0.25, 0.3) is 0 Å². The van der Waals surface area contributed by atoms with Crippen LogP contribution in [0.25, 0.3) is 0 Å². The summed E-state index contributed by atoms with van der Waals surface area (Å²) in [6, 6.07) is 8.19. The molecule has 0 aliphatic rings. The summed E-state index contributed by atoms with van der Waals surface area (Å²) in [6.07, 6.45) is 2.79. The minimum Gasteiger partial charge on any atom is -0.396 e. The molecule has 0 spiro atoms. The first-order chi connectivity index (χ1) is 6.38. The smallest absolute Gasteiger partial charge is 0.114 e. The molecule has 2 nitrogen and oxygen atoms in total. The Morgan fingerprint density at radius 2 is 2.08 bits per heavy atom. The van der Waals surface area contributed by atoms with Gasteiger partial charge in [0.05, 0.1) is 6.21 Å². The van der Waals surface area contributed by atoms with Crippen LogP contribution in [0.3, 0.4) is 0 Å². The molecule has 0 bridgehead atoms. The van der Waals surface area contributed by atoms with Crippen LogP contribution in [0.2, 0.25) is 0 Å². The van der Waals surface area contributed by atoms with Crippen molar-refractivity contribution in [2.45, 2.75) is 20.3 Å². The average Bonchev–Trinajstić information content (AvgIpc) is 2.19. The molecule has 2 heteroatoms. The molecule has 0 saturated carbocycles. The lowest BCUT2D eigenvalue weighted by atomic mass is 10.1. The maximum atomic E-state index is 4.91. The zero-order valence-electron chi connectivity index (χ0n) is 8.16. The highest BCUT2D eigenvalue weighted by Gasteiger charge is 1.94. The summed E-state index contributed by atoms with van der Waals surface area (Å²) in [4.78, 5) is 4.91. The van der Waals surface area contributed by atoms with Gasteiger partial charge in [0, 0.05) is 0 Å². The highest BCUT2D eigenvalue weighted by atomic mass is 16.6. The SMILES string of the molecule is CCON=Cc1ccccc1CC. The van der Waals surface area contributed by atoms with Crippen LogP contribution in [0.4, 0.5) is 0 Å². The van der Waals surface area contributed by atoms with Crippen molar-refractivity contribution >= 4 is 6.21 Å². The van der Waals surface area contributed by atoms with Gasteiger partial charge in [-0.05, 0) is 24.5 Å². The fraction of sp³-hybridized carbons (Fsp3) is 0.364. The molecule has 0 aliphatic heterocycles. The molecular weight excluding hydrogens is 162 g/mol. The Balaban J connectivity index is 2.74. The molecule has 0 fully saturated rings. The van der Waals surface area contributed by atoms with Crippen molar-refractivity contribution in [3.63, 3.8) is 0 Å². The van der Waals surface area contributed by atoms with Crippen LogP contribution in [0.1, 0.15) is 25.0 Å². The highest BCUT2D eigenvalue weighted by Crippen LogP contribution is 2.06. The van der Waals surface area contributed by atoms with E-state index >= 15 is 0 Å². The summed E-state index contributed by atoms with van der Waals surface area (Å²) < 4.78 is 0. The summed E-state index contributed by atoms with van der Waals surface area (Å²) in [5, 5.41) is 3.84. The van der Waals surface area contributed by atoms with E-state index in [-0.39, 0.29) is 0 Å². The molecule has 1 aromatic carbocycles. The molecule has 1 aromatic rings. The fourth-order valence-electron chi connectivity index (χ4n) is 1.15. The fourth-order valence-corrected chi connectivity index (χ4v) is 1.15. The van der Waals surface area contributed by atoms with E-state index < -0.39 is 0 Å². The number of hydrogen-bond donors (Lipinski definition) is 0. The van der Waals surface area contributed by atoms with Crippen LogP contribution in [0.15, 0.2) is 29.4 Å². The molecule has 0 saturated heterocycles. The van der Waals surface area contributed by atoms with Crippen molar-refractivity contribution in [2.24, 2.45) is 5.16 Å². The predicted octanol–water partition coefficient (Wildman–Crippen LogP) is 2.62. The maximum absolute atomic E-state index is 4.91. The van der Waals surface area contributed by atoms with Gasteiger partial charge in [-0.15, -0.1) is 0 Å². The molecule has 0 aliphatic carbocycles. The largest absolute Gasteiger partial charge is 0.396 e. The van der Waals surface area contributed by atoms with Crippen molar-refractivity contribution in [2.75, 3.05) is 6.61 Å². The minimum absolute atomic E-state index is 0.616. The van der Waals surface area contributed by atoms with Crippen LogP contribution < -0.4 is 0 Å². The third kappa shape index (κ3) is 2.90.